The van der Waals surface area contributed by atoms with Crippen LogP contribution < -0.4 is 5.32 Å². The number of hydrogen-bond donors (Lipinski definition) is 1. The first-order valence-corrected chi connectivity index (χ1v) is 6.22. The molecule has 1 atom stereocenters. The second-order valence-electron chi connectivity index (χ2n) is 5.47. The molecule has 2 saturated heterocycles. The molecule has 2 heterocycles. The molecular weight excluding hydrogens is 218 g/mol. The number of carbonyl (C=O) groups is 2. The van der Waals surface area contributed by atoms with Gasteiger partial charge in [0.15, 0.2) is 0 Å². The minimum absolute atomic E-state index is 0.0306. The number of piperazine rings is 1. The largest absolute Gasteiger partial charge is 0.342 e. The number of carbonyl (C=O) groups excluding carboxylic acids is 2. The van der Waals surface area contributed by atoms with E-state index in [9.17, 15) is 9.59 Å². The van der Waals surface area contributed by atoms with E-state index >= 15 is 0 Å². The van der Waals surface area contributed by atoms with Gasteiger partial charge in [-0.25, -0.2) is 0 Å². The lowest BCUT2D eigenvalue weighted by Crippen LogP contribution is -2.64. The Bertz CT molecular complexity index is 335. The van der Waals surface area contributed by atoms with Crippen LogP contribution in [0, 0.1) is 5.92 Å². The summed E-state index contributed by atoms with van der Waals surface area (Å²) in [6, 6.07) is 0. The smallest absolute Gasteiger partial charge is 0.247 e. The van der Waals surface area contributed by atoms with Crippen LogP contribution in [-0.4, -0.2) is 60.4 Å². The lowest BCUT2D eigenvalue weighted by Gasteiger charge is -2.45. The third-order valence-electron chi connectivity index (χ3n) is 3.88. The molecule has 1 N–H and O–H groups in total. The molecule has 2 aliphatic rings. The molecule has 0 saturated carbocycles. The van der Waals surface area contributed by atoms with Crippen molar-refractivity contribution in [2.75, 3.05) is 33.2 Å². The van der Waals surface area contributed by atoms with Crippen LogP contribution in [0.5, 0.6) is 0 Å². The number of nitrogens with one attached hydrogen (secondary N) is 1. The lowest BCUT2D eigenvalue weighted by atomic mass is 9.95. The first-order chi connectivity index (χ1) is 7.94. The van der Waals surface area contributed by atoms with E-state index in [2.05, 4.69) is 5.32 Å². The molecule has 0 aromatic carbocycles. The van der Waals surface area contributed by atoms with E-state index in [0.29, 0.717) is 13.1 Å². The average Bonchev–Trinajstić information content (AvgIpc) is 2.79. The van der Waals surface area contributed by atoms with Crippen LogP contribution in [0.15, 0.2) is 0 Å². The Labute approximate surface area is 102 Å². The number of likely N-dealkylation sites (N-methyl/N-ethyl adjacent to an activating group) is 1. The maximum Gasteiger partial charge on any atom is 0.247 e. The van der Waals surface area contributed by atoms with Gasteiger partial charge in [-0.1, -0.05) is 0 Å². The first-order valence-electron chi connectivity index (χ1n) is 6.22. The van der Waals surface area contributed by atoms with Gasteiger partial charge in [0.05, 0.1) is 5.92 Å². The van der Waals surface area contributed by atoms with Crippen LogP contribution in [0.1, 0.15) is 20.3 Å². The molecule has 0 unspecified atom stereocenters. The van der Waals surface area contributed by atoms with Crippen molar-refractivity contribution in [3.05, 3.63) is 0 Å². The van der Waals surface area contributed by atoms with Gasteiger partial charge >= 0.3 is 0 Å². The molecule has 2 fully saturated rings. The highest BCUT2D eigenvalue weighted by Gasteiger charge is 2.44. The van der Waals surface area contributed by atoms with E-state index in [4.69, 9.17) is 0 Å². The molecule has 0 aliphatic carbocycles. The Morgan fingerprint density at radius 2 is 2.12 bits per heavy atom. The highest BCUT2D eigenvalue weighted by atomic mass is 16.2. The van der Waals surface area contributed by atoms with E-state index in [0.717, 1.165) is 19.5 Å². The molecule has 5 heteroatoms. The molecule has 0 radical (unpaired) electrons. The summed E-state index contributed by atoms with van der Waals surface area (Å²) in [5.74, 6) is 0.204. The van der Waals surface area contributed by atoms with Gasteiger partial charge in [-0.3, -0.25) is 9.59 Å². The zero-order valence-electron chi connectivity index (χ0n) is 10.8. The fourth-order valence-corrected chi connectivity index (χ4v) is 2.69. The molecule has 17 heavy (non-hydrogen) atoms. The minimum Gasteiger partial charge on any atom is -0.342 e. The number of hydrogen-bond acceptors (Lipinski definition) is 3. The van der Waals surface area contributed by atoms with Gasteiger partial charge in [-0.15, -0.1) is 0 Å². The van der Waals surface area contributed by atoms with Gasteiger partial charge in [0.1, 0.15) is 5.54 Å². The van der Waals surface area contributed by atoms with Crippen molar-refractivity contribution < 1.29 is 9.59 Å². The highest BCUT2D eigenvalue weighted by Crippen LogP contribution is 2.25. The van der Waals surface area contributed by atoms with Gasteiger partial charge in [-0.2, -0.15) is 0 Å². The lowest BCUT2D eigenvalue weighted by molar-refractivity contribution is -0.159. The van der Waals surface area contributed by atoms with E-state index in [1.54, 1.807) is 16.8 Å². The summed E-state index contributed by atoms with van der Waals surface area (Å²) in [5, 5.41) is 3.20. The quantitative estimate of drug-likeness (QED) is 0.682. The summed E-state index contributed by atoms with van der Waals surface area (Å²) < 4.78 is 0. The molecular formula is C12H21N3O2. The highest BCUT2D eigenvalue weighted by molar-refractivity contribution is 5.92. The standard InChI is InChI=1S/C12H21N3O2/c1-12(2)11(17)14(3)6-7-15(12)10(16)9-4-5-13-8-9/h9,13H,4-8H2,1-3H3/t9-/m0/s1. The summed E-state index contributed by atoms with van der Waals surface area (Å²) >= 11 is 0. The third-order valence-corrected chi connectivity index (χ3v) is 3.88. The van der Waals surface area contributed by atoms with Gasteiger partial charge in [-0.05, 0) is 26.8 Å². The van der Waals surface area contributed by atoms with Crippen molar-refractivity contribution in [1.29, 1.82) is 0 Å². The van der Waals surface area contributed by atoms with E-state index in [1.807, 2.05) is 13.8 Å². The SMILES string of the molecule is CN1CCN(C(=O)[C@H]2CCNC2)C(C)(C)C1=O. The number of nitrogens with zero attached hydrogens (tertiary/aromatic N) is 2. The second kappa shape index (κ2) is 4.29. The number of rotatable bonds is 1. The van der Waals surface area contributed by atoms with Crippen LogP contribution in [0.2, 0.25) is 0 Å². The van der Waals surface area contributed by atoms with E-state index in [-0.39, 0.29) is 17.7 Å². The molecule has 0 aromatic rings. The summed E-state index contributed by atoms with van der Waals surface area (Å²) in [5.41, 5.74) is -0.702. The summed E-state index contributed by atoms with van der Waals surface area (Å²) in [6.45, 7) is 6.60. The fraction of sp³-hybridized carbons (Fsp3) is 0.833. The van der Waals surface area contributed by atoms with Crippen molar-refractivity contribution in [1.82, 2.24) is 15.1 Å². The molecule has 0 spiro atoms. The maximum absolute atomic E-state index is 12.4. The van der Waals surface area contributed by atoms with E-state index < -0.39 is 5.54 Å². The van der Waals surface area contributed by atoms with Gasteiger partial charge in [0, 0.05) is 26.7 Å². The van der Waals surface area contributed by atoms with E-state index in [1.165, 1.54) is 0 Å². The van der Waals surface area contributed by atoms with Crippen molar-refractivity contribution >= 4 is 11.8 Å². The maximum atomic E-state index is 12.4. The normalized spacial score (nSPS) is 28.6. The summed E-state index contributed by atoms with van der Waals surface area (Å²) in [6.07, 6.45) is 0.884. The Balaban J connectivity index is 2.14. The fourth-order valence-electron chi connectivity index (χ4n) is 2.69. The van der Waals surface area contributed by atoms with Crippen molar-refractivity contribution in [3.63, 3.8) is 0 Å². The van der Waals surface area contributed by atoms with Gasteiger partial charge in [0.25, 0.3) is 0 Å². The Morgan fingerprint density at radius 3 is 2.71 bits per heavy atom. The predicted octanol–water partition coefficient (Wildman–Crippen LogP) is -0.325. The van der Waals surface area contributed by atoms with Crippen LogP contribution in [0.4, 0.5) is 0 Å². The minimum atomic E-state index is -0.702. The predicted molar refractivity (Wildman–Crippen MR) is 64.4 cm³/mol. The molecule has 2 rings (SSSR count). The number of amides is 2. The van der Waals surface area contributed by atoms with Crippen LogP contribution in [0.25, 0.3) is 0 Å². The first kappa shape index (κ1) is 12.4. The molecule has 96 valence electrons. The van der Waals surface area contributed by atoms with Crippen LogP contribution in [0.3, 0.4) is 0 Å². The second-order valence-corrected chi connectivity index (χ2v) is 5.47. The summed E-state index contributed by atoms with van der Waals surface area (Å²) in [4.78, 5) is 27.9. The van der Waals surface area contributed by atoms with Crippen LogP contribution in [-0.2, 0) is 9.59 Å². The zero-order valence-corrected chi connectivity index (χ0v) is 10.8. The molecule has 2 aliphatic heterocycles. The summed E-state index contributed by atoms with van der Waals surface area (Å²) in [7, 11) is 1.79. The third kappa shape index (κ3) is 2.04. The average molecular weight is 239 g/mol. The van der Waals surface area contributed by atoms with Crippen molar-refractivity contribution in [2.45, 2.75) is 25.8 Å². The molecule has 0 bridgehead atoms. The van der Waals surface area contributed by atoms with Crippen LogP contribution >= 0.6 is 0 Å². The van der Waals surface area contributed by atoms with Crippen molar-refractivity contribution in [3.8, 4) is 0 Å². The molecule has 5 nitrogen and oxygen atoms in total. The van der Waals surface area contributed by atoms with Crippen molar-refractivity contribution in [2.24, 2.45) is 5.92 Å². The van der Waals surface area contributed by atoms with Gasteiger partial charge in [0.2, 0.25) is 11.8 Å². The topological polar surface area (TPSA) is 52.6 Å². The monoisotopic (exact) mass is 239 g/mol. The molecule has 2 amide bonds. The van der Waals surface area contributed by atoms with Gasteiger partial charge < -0.3 is 15.1 Å². The Morgan fingerprint density at radius 1 is 1.41 bits per heavy atom. The zero-order chi connectivity index (χ0) is 12.6. The Kier molecular flexibility index (Phi) is 3.12. The Hall–Kier alpha value is -1.10. The molecule has 0 aromatic heterocycles.